The maximum absolute atomic E-state index is 12.3. The van der Waals surface area contributed by atoms with Crippen LogP contribution in [0.4, 0.5) is 10.8 Å². The maximum atomic E-state index is 12.3. The highest BCUT2D eigenvalue weighted by atomic mass is 32.1. The van der Waals surface area contributed by atoms with Crippen molar-refractivity contribution in [2.24, 2.45) is 0 Å². The van der Waals surface area contributed by atoms with E-state index in [0.29, 0.717) is 5.13 Å². The van der Waals surface area contributed by atoms with Gasteiger partial charge in [-0.05, 0) is 31.9 Å². The van der Waals surface area contributed by atoms with E-state index < -0.39 is 16.4 Å². The van der Waals surface area contributed by atoms with Crippen LogP contribution < -0.4 is 10.9 Å². The summed E-state index contributed by atoms with van der Waals surface area (Å²) in [5.74, 6) is -0.485. The number of pyridine rings is 1. The third kappa shape index (κ3) is 4.15. The Morgan fingerprint density at radius 3 is 2.57 bits per heavy atom. The molecule has 1 aromatic carbocycles. The highest BCUT2D eigenvalue weighted by Gasteiger charge is 2.14. The first-order chi connectivity index (χ1) is 13.2. The van der Waals surface area contributed by atoms with E-state index in [0.717, 1.165) is 45.3 Å². The lowest BCUT2D eigenvalue weighted by atomic mass is 9.98. The summed E-state index contributed by atoms with van der Waals surface area (Å²) >= 11 is 1.28. The smallest absolute Gasteiger partial charge is 0.285 e. The van der Waals surface area contributed by atoms with E-state index >= 15 is 0 Å². The second kappa shape index (κ2) is 7.73. The Hall–Kier alpha value is -3.33. The second-order valence-electron chi connectivity index (χ2n) is 6.47. The summed E-state index contributed by atoms with van der Waals surface area (Å²) in [4.78, 5) is 38.8. The molecule has 2 aromatic heterocycles. The number of benzene rings is 1. The normalized spacial score (nSPS) is 10.7. The Morgan fingerprint density at radius 2 is 1.93 bits per heavy atom. The number of hydrogen-bond acceptors (Lipinski definition) is 6. The molecule has 1 amide bonds. The van der Waals surface area contributed by atoms with E-state index in [4.69, 9.17) is 0 Å². The van der Waals surface area contributed by atoms with Gasteiger partial charge in [-0.15, -0.1) is 11.3 Å². The molecule has 0 aliphatic heterocycles. The zero-order valence-electron chi connectivity index (χ0n) is 15.6. The van der Waals surface area contributed by atoms with Crippen LogP contribution in [-0.2, 0) is 11.3 Å². The van der Waals surface area contributed by atoms with E-state index in [9.17, 15) is 19.7 Å². The fourth-order valence-corrected chi connectivity index (χ4v) is 3.81. The molecular weight excluding hydrogens is 380 g/mol. The number of nitrogens with one attached hydrogen (secondary N) is 1. The molecule has 0 radical (unpaired) electrons. The highest BCUT2D eigenvalue weighted by molar-refractivity contribution is 7.14. The molecule has 0 atom stereocenters. The summed E-state index contributed by atoms with van der Waals surface area (Å²) in [6.07, 6.45) is 1.05. The molecule has 144 valence electrons. The molecule has 9 heteroatoms. The van der Waals surface area contributed by atoms with Gasteiger partial charge in [-0.3, -0.25) is 24.3 Å². The van der Waals surface area contributed by atoms with Gasteiger partial charge in [0.05, 0.1) is 16.8 Å². The van der Waals surface area contributed by atoms with Gasteiger partial charge in [-0.25, -0.2) is 4.98 Å². The molecule has 28 heavy (non-hydrogen) atoms. The predicted molar refractivity (Wildman–Crippen MR) is 108 cm³/mol. The number of nitro groups is 1. The lowest BCUT2D eigenvalue weighted by Gasteiger charge is -2.09. The Balaban J connectivity index is 1.78. The summed E-state index contributed by atoms with van der Waals surface area (Å²) < 4.78 is 0.996. The monoisotopic (exact) mass is 398 g/mol. The molecule has 0 saturated carbocycles. The Bertz CT molecular complexity index is 1110. The third-order valence-electron chi connectivity index (χ3n) is 4.18. The van der Waals surface area contributed by atoms with Crippen molar-refractivity contribution in [1.82, 2.24) is 9.55 Å². The summed E-state index contributed by atoms with van der Waals surface area (Å²) in [5, 5.41) is 15.7. The number of carbonyl (C=O) groups is 1. The van der Waals surface area contributed by atoms with E-state index in [2.05, 4.69) is 22.4 Å². The van der Waals surface area contributed by atoms with Gasteiger partial charge in [-0.2, -0.15) is 0 Å². The largest absolute Gasteiger partial charge is 0.300 e. The van der Waals surface area contributed by atoms with Gasteiger partial charge in [0.15, 0.2) is 5.13 Å². The summed E-state index contributed by atoms with van der Waals surface area (Å²) in [7, 11) is 0. The number of amides is 1. The van der Waals surface area contributed by atoms with Gasteiger partial charge in [0, 0.05) is 23.1 Å². The molecule has 3 rings (SSSR count). The molecular formula is C19H18N4O4S. The van der Waals surface area contributed by atoms with Gasteiger partial charge in [0.25, 0.3) is 11.2 Å². The zero-order chi connectivity index (χ0) is 20.4. The van der Waals surface area contributed by atoms with Crippen molar-refractivity contribution >= 4 is 28.1 Å². The van der Waals surface area contributed by atoms with Crippen molar-refractivity contribution in [2.75, 3.05) is 5.32 Å². The SMILES string of the molecule is Cc1cc(C)c(-c2csc(NC(=O)Cn3cc([N+](=O)[O-])ccc3=O)n2)c(C)c1. The van der Waals surface area contributed by atoms with Gasteiger partial charge in [0.2, 0.25) is 5.91 Å². The Morgan fingerprint density at radius 1 is 1.25 bits per heavy atom. The van der Waals surface area contributed by atoms with Crippen molar-refractivity contribution in [3.8, 4) is 11.3 Å². The molecule has 0 saturated heterocycles. The predicted octanol–water partition coefficient (Wildman–Crippen LogP) is 3.44. The van der Waals surface area contributed by atoms with Gasteiger partial charge in [-0.1, -0.05) is 17.7 Å². The Kier molecular flexibility index (Phi) is 5.36. The fraction of sp³-hybridized carbons (Fsp3) is 0.211. The molecule has 1 N–H and O–H groups in total. The first kappa shape index (κ1) is 19.4. The fourth-order valence-electron chi connectivity index (χ4n) is 3.09. The molecule has 0 aliphatic carbocycles. The number of nitrogens with zero attached hydrogens (tertiary/aromatic N) is 3. The quantitative estimate of drug-likeness (QED) is 0.523. The molecule has 0 bridgehead atoms. The van der Waals surface area contributed by atoms with Gasteiger partial charge < -0.3 is 5.32 Å². The summed E-state index contributed by atoms with van der Waals surface area (Å²) in [5.41, 5.74) is 4.42. The van der Waals surface area contributed by atoms with Crippen molar-refractivity contribution in [1.29, 1.82) is 0 Å². The lowest BCUT2D eigenvalue weighted by Crippen LogP contribution is -2.26. The number of rotatable bonds is 5. The van der Waals surface area contributed by atoms with Crippen LogP contribution in [0, 0.1) is 30.9 Å². The average molecular weight is 398 g/mol. The van der Waals surface area contributed by atoms with Crippen LogP contribution >= 0.6 is 11.3 Å². The highest BCUT2D eigenvalue weighted by Crippen LogP contribution is 2.31. The van der Waals surface area contributed by atoms with Crippen molar-refractivity contribution in [3.63, 3.8) is 0 Å². The summed E-state index contributed by atoms with van der Waals surface area (Å²) in [6, 6.07) is 6.33. The zero-order valence-corrected chi connectivity index (χ0v) is 16.4. The lowest BCUT2D eigenvalue weighted by molar-refractivity contribution is -0.385. The van der Waals surface area contributed by atoms with Crippen LogP contribution in [-0.4, -0.2) is 20.4 Å². The van der Waals surface area contributed by atoms with Crippen LogP contribution in [0.2, 0.25) is 0 Å². The molecule has 0 fully saturated rings. The van der Waals surface area contributed by atoms with Crippen LogP contribution in [0.3, 0.4) is 0 Å². The first-order valence-electron chi connectivity index (χ1n) is 8.43. The molecule has 3 aromatic rings. The van der Waals surface area contributed by atoms with E-state index in [1.807, 2.05) is 26.2 Å². The van der Waals surface area contributed by atoms with Crippen LogP contribution in [0.1, 0.15) is 16.7 Å². The van der Waals surface area contributed by atoms with Crippen molar-refractivity contribution < 1.29 is 9.72 Å². The van der Waals surface area contributed by atoms with Crippen molar-refractivity contribution in [2.45, 2.75) is 27.3 Å². The minimum atomic E-state index is -0.618. The van der Waals surface area contributed by atoms with E-state index in [-0.39, 0.29) is 12.2 Å². The molecule has 0 spiro atoms. The number of aromatic nitrogens is 2. The number of anilines is 1. The minimum absolute atomic E-state index is 0.255. The van der Waals surface area contributed by atoms with E-state index in [1.165, 1.54) is 16.9 Å². The van der Waals surface area contributed by atoms with Crippen LogP contribution in [0.15, 0.2) is 40.6 Å². The number of thiazole rings is 1. The van der Waals surface area contributed by atoms with Gasteiger partial charge >= 0.3 is 0 Å². The molecule has 8 nitrogen and oxygen atoms in total. The topological polar surface area (TPSA) is 107 Å². The van der Waals surface area contributed by atoms with Crippen LogP contribution in [0.25, 0.3) is 11.3 Å². The maximum Gasteiger partial charge on any atom is 0.285 e. The number of hydrogen-bond donors (Lipinski definition) is 1. The number of aryl methyl sites for hydroxylation is 3. The Labute approximate surface area is 164 Å². The van der Waals surface area contributed by atoms with Crippen molar-refractivity contribution in [3.05, 3.63) is 73.0 Å². The second-order valence-corrected chi connectivity index (χ2v) is 7.33. The van der Waals surface area contributed by atoms with Crippen LogP contribution in [0.5, 0.6) is 0 Å². The molecule has 2 heterocycles. The standard InChI is InChI=1S/C19H18N4O4S/c1-11-6-12(2)18(13(3)7-11)15-10-28-19(20-15)21-16(24)9-22-8-14(23(26)27)4-5-17(22)25/h4-8,10H,9H2,1-3H3,(H,20,21,24). The van der Waals surface area contributed by atoms with Gasteiger partial charge in [0.1, 0.15) is 6.54 Å². The third-order valence-corrected chi connectivity index (χ3v) is 4.93. The molecule has 0 unspecified atom stereocenters. The minimum Gasteiger partial charge on any atom is -0.300 e. The summed E-state index contributed by atoms with van der Waals surface area (Å²) in [6.45, 7) is 5.73. The average Bonchev–Trinajstić information content (AvgIpc) is 3.03. The van der Waals surface area contributed by atoms with E-state index in [1.54, 1.807) is 0 Å². The first-order valence-corrected chi connectivity index (χ1v) is 9.31. The molecule has 0 aliphatic rings. The number of carbonyl (C=O) groups excluding carboxylic acids is 1.